The lowest BCUT2D eigenvalue weighted by Gasteiger charge is -2.34. The van der Waals surface area contributed by atoms with E-state index in [-0.39, 0.29) is 24.0 Å². The second-order valence-electron chi connectivity index (χ2n) is 9.05. The predicted molar refractivity (Wildman–Crippen MR) is 132 cm³/mol. The zero-order chi connectivity index (χ0) is 22.4. The summed E-state index contributed by atoms with van der Waals surface area (Å²) in [4.78, 5) is 16.1. The zero-order valence-corrected chi connectivity index (χ0v) is 19.0. The summed E-state index contributed by atoms with van der Waals surface area (Å²) in [5, 5.41) is 5.80. The average Bonchev–Trinajstić information content (AvgIpc) is 3.27. The Morgan fingerprint density at radius 3 is 2.38 bits per heavy atom. The summed E-state index contributed by atoms with van der Waals surface area (Å²) in [6.45, 7) is 8.35. The Labute approximate surface area is 189 Å². The molecular weight excluding hydrogens is 394 g/mol. The molecule has 5 rings (SSSR count). The van der Waals surface area contributed by atoms with Gasteiger partial charge in [-0.25, -0.2) is 0 Å². The molecule has 162 valence electrons. The van der Waals surface area contributed by atoms with Crippen LogP contribution in [0.2, 0.25) is 0 Å². The van der Waals surface area contributed by atoms with Gasteiger partial charge in [-0.3, -0.25) is 4.79 Å². The van der Waals surface area contributed by atoms with Gasteiger partial charge < -0.3 is 14.8 Å². The Morgan fingerprint density at radius 1 is 0.875 bits per heavy atom. The molecule has 0 aliphatic carbocycles. The lowest BCUT2D eigenvalue weighted by molar-refractivity contribution is 0.0644. The van der Waals surface area contributed by atoms with Crippen molar-refractivity contribution in [3.63, 3.8) is 0 Å². The number of amides is 1. The SMILES string of the molecule is CC(C)N(C(=O)c1c(C2Nc3ccccc3-n3cccc32)ccc2ccccc12)C(C)C. The number of fused-ring (bicyclic) bond motifs is 4. The van der Waals surface area contributed by atoms with Crippen LogP contribution in [0.5, 0.6) is 0 Å². The quantitative estimate of drug-likeness (QED) is 0.412. The van der Waals surface area contributed by atoms with Crippen molar-refractivity contribution in [3.8, 4) is 5.69 Å². The topological polar surface area (TPSA) is 37.3 Å². The van der Waals surface area contributed by atoms with Gasteiger partial charge in [-0.05, 0) is 68.3 Å². The third-order valence-electron chi connectivity index (χ3n) is 6.37. The number of hydrogen-bond acceptors (Lipinski definition) is 2. The van der Waals surface area contributed by atoms with Crippen molar-refractivity contribution in [1.82, 2.24) is 9.47 Å². The maximum atomic E-state index is 14.1. The predicted octanol–water partition coefficient (Wildman–Crippen LogP) is 6.40. The summed E-state index contributed by atoms with van der Waals surface area (Å²) in [5.74, 6) is 0.0839. The first-order valence-corrected chi connectivity index (χ1v) is 11.3. The summed E-state index contributed by atoms with van der Waals surface area (Å²) in [7, 11) is 0. The minimum atomic E-state index is -0.121. The van der Waals surface area contributed by atoms with Gasteiger partial charge in [0.2, 0.25) is 0 Å². The Bertz CT molecular complexity index is 1290. The highest BCUT2D eigenvalue weighted by atomic mass is 16.2. The van der Waals surface area contributed by atoms with E-state index < -0.39 is 0 Å². The maximum Gasteiger partial charge on any atom is 0.255 e. The van der Waals surface area contributed by atoms with Crippen molar-refractivity contribution in [2.45, 2.75) is 45.8 Å². The van der Waals surface area contributed by atoms with Crippen LogP contribution in [0.1, 0.15) is 55.4 Å². The van der Waals surface area contributed by atoms with Crippen molar-refractivity contribution >= 4 is 22.4 Å². The van der Waals surface area contributed by atoms with Gasteiger partial charge in [0.25, 0.3) is 5.91 Å². The maximum absolute atomic E-state index is 14.1. The van der Waals surface area contributed by atoms with Crippen LogP contribution in [0.3, 0.4) is 0 Å². The Hall–Kier alpha value is -3.53. The van der Waals surface area contributed by atoms with Crippen LogP contribution in [0.4, 0.5) is 5.69 Å². The van der Waals surface area contributed by atoms with E-state index in [0.717, 1.165) is 39.0 Å². The highest BCUT2D eigenvalue weighted by Crippen LogP contribution is 2.40. The highest BCUT2D eigenvalue weighted by Gasteiger charge is 2.32. The number of para-hydroxylation sites is 2. The van der Waals surface area contributed by atoms with Crippen molar-refractivity contribution in [3.05, 3.63) is 95.8 Å². The van der Waals surface area contributed by atoms with Crippen LogP contribution in [0, 0.1) is 0 Å². The Balaban J connectivity index is 1.74. The molecule has 1 aromatic heterocycles. The molecule has 2 heterocycles. The Kier molecular flexibility index (Phi) is 5.01. The standard InChI is InChI=1S/C28H29N3O/c1-18(2)31(19(3)4)28(32)26-21-11-6-5-10-20(21)15-16-22(26)27-25-14-9-17-30(25)24-13-8-7-12-23(24)29-27/h5-19,27,29H,1-4H3. The summed E-state index contributed by atoms with van der Waals surface area (Å²) >= 11 is 0. The van der Waals surface area contributed by atoms with Gasteiger partial charge in [0, 0.05) is 24.0 Å². The van der Waals surface area contributed by atoms with E-state index in [2.05, 4.69) is 98.4 Å². The van der Waals surface area contributed by atoms with Gasteiger partial charge in [-0.1, -0.05) is 48.5 Å². The van der Waals surface area contributed by atoms with E-state index in [0.29, 0.717) is 0 Å². The first-order chi connectivity index (χ1) is 15.5. The zero-order valence-electron chi connectivity index (χ0n) is 19.0. The molecule has 1 atom stereocenters. The van der Waals surface area contributed by atoms with E-state index in [4.69, 9.17) is 0 Å². The third kappa shape index (κ3) is 3.18. The number of benzene rings is 3. The number of carbonyl (C=O) groups excluding carboxylic acids is 1. The Morgan fingerprint density at radius 2 is 1.59 bits per heavy atom. The van der Waals surface area contributed by atoms with Crippen LogP contribution < -0.4 is 5.32 Å². The molecule has 0 saturated carbocycles. The smallest absolute Gasteiger partial charge is 0.255 e. The van der Waals surface area contributed by atoms with Gasteiger partial charge >= 0.3 is 0 Å². The number of carbonyl (C=O) groups is 1. The number of anilines is 1. The molecule has 0 fully saturated rings. The number of nitrogens with zero attached hydrogens (tertiary/aromatic N) is 2. The average molecular weight is 424 g/mol. The van der Waals surface area contributed by atoms with Crippen molar-refractivity contribution in [2.75, 3.05) is 5.32 Å². The number of nitrogens with one attached hydrogen (secondary N) is 1. The van der Waals surface area contributed by atoms with Crippen LogP contribution in [-0.4, -0.2) is 27.5 Å². The van der Waals surface area contributed by atoms with E-state index in [1.54, 1.807) is 0 Å². The molecule has 4 nitrogen and oxygen atoms in total. The van der Waals surface area contributed by atoms with Crippen LogP contribution >= 0.6 is 0 Å². The summed E-state index contributed by atoms with van der Waals surface area (Å²) in [6, 6.07) is 25.1. The van der Waals surface area contributed by atoms with Gasteiger partial charge in [0.1, 0.15) is 0 Å². The summed E-state index contributed by atoms with van der Waals surface area (Å²) in [5.41, 5.74) is 5.12. The molecule has 32 heavy (non-hydrogen) atoms. The molecule has 0 radical (unpaired) electrons. The molecule has 1 aliphatic rings. The molecule has 1 N–H and O–H groups in total. The van der Waals surface area contributed by atoms with Crippen molar-refractivity contribution in [2.24, 2.45) is 0 Å². The molecule has 0 saturated heterocycles. The molecule has 4 heteroatoms. The summed E-state index contributed by atoms with van der Waals surface area (Å²) < 4.78 is 2.22. The first-order valence-electron chi connectivity index (χ1n) is 11.3. The summed E-state index contributed by atoms with van der Waals surface area (Å²) in [6.07, 6.45) is 2.10. The second kappa shape index (κ2) is 7.86. The number of aromatic nitrogens is 1. The fourth-order valence-electron chi connectivity index (χ4n) is 5.08. The number of rotatable bonds is 4. The van der Waals surface area contributed by atoms with E-state index in [9.17, 15) is 4.79 Å². The van der Waals surface area contributed by atoms with Gasteiger partial charge in [-0.2, -0.15) is 0 Å². The van der Waals surface area contributed by atoms with Gasteiger partial charge in [0.05, 0.1) is 23.0 Å². The monoisotopic (exact) mass is 423 g/mol. The molecule has 4 aromatic rings. The number of hydrogen-bond donors (Lipinski definition) is 1. The van der Waals surface area contributed by atoms with Crippen LogP contribution in [0.25, 0.3) is 16.5 Å². The normalized spacial score (nSPS) is 14.9. The minimum Gasteiger partial charge on any atom is -0.371 e. The van der Waals surface area contributed by atoms with Gasteiger partial charge in [-0.15, -0.1) is 0 Å². The lowest BCUT2D eigenvalue weighted by atomic mass is 9.90. The fourth-order valence-corrected chi connectivity index (χ4v) is 5.08. The fraction of sp³-hybridized carbons (Fsp3) is 0.250. The molecule has 1 amide bonds. The van der Waals surface area contributed by atoms with E-state index in [1.807, 2.05) is 23.1 Å². The molecule has 1 unspecified atom stereocenters. The van der Waals surface area contributed by atoms with E-state index in [1.165, 1.54) is 0 Å². The first kappa shape index (κ1) is 20.4. The van der Waals surface area contributed by atoms with Crippen molar-refractivity contribution in [1.29, 1.82) is 0 Å². The van der Waals surface area contributed by atoms with Crippen molar-refractivity contribution < 1.29 is 4.79 Å². The lowest BCUT2D eigenvalue weighted by Crippen LogP contribution is -2.42. The third-order valence-corrected chi connectivity index (χ3v) is 6.37. The highest BCUT2D eigenvalue weighted by molar-refractivity contribution is 6.09. The minimum absolute atomic E-state index is 0.0839. The molecule has 0 spiro atoms. The molecule has 3 aromatic carbocycles. The largest absolute Gasteiger partial charge is 0.371 e. The molecule has 0 bridgehead atoms. The molecule has 1 aliphatic heterocycles. The van der Waals surface area contributed by atoms with Crippen LogP contribution in [0.15, 0.2) is 79.0 Å². The molecular formula is C28H29N3O. The van der Waals surface area contributed by atoms with Gasteiger partial charge in [0.15, 0.2) is 0 Å². The van der Waals surface area contributed by atoms with Crippen LogP contribution in [-0.2, 0) is 0 Å². The van der Waals surface area contributed by atoms with E-state index >= 15 is 0 Å². The second-order valence-corrected chi connectivity index (χ2v) is 9.05.